The minimum Gasteiger partial charge on any atom is -0.494 e. The number of thiocarbonyl (C=S) groups is 1. The third-order valence-electron chi connectivity index (χ3n) is 2.27. The maximum absolute atomic E-state index is 13.7. The molecule has 0 fully saturated rings. The number of benzene rings is 1. The Morgan fingerprint density at radius 1 is 1.50 bits per heavy atom. The maximum Gasteiger partial charge on any atom is 0.152 e. The summed E-state index contributed by atoms with van der Waals surface area (Å²) in [7, 11) is 1.48. The van der Waals surface area contributed by atoms with Gasteiger partial charge in [0.05, 0.1) is 12.3 Å². The quantitative estimate of drug-likeness (QED) is 0.631. The van der Waals surface area contributed by atoms with Gasteiger partial charge in [0, 0.05) is 12.1 Å². The zero-order chi connectivity index (χ0) is 13.1. The highest BCUT2D eigenvalue weighted by molar-refractivity contribution is 7.78. The van der Waals surface area contributed by atoms with Crippen LogP contribution in [-0.2, 0) is 0 Å². The maximum atomic E-state index is 13.7. The number of aromatic nitrogens is 3. The topological polar surface area (TPSA) is 52.3 Å². The first-order valence-corrected chi connectivity index (χ1v) is 5.40. The largest absolute Gasteiger partial charge is 0.494 e. The summed E-state index contributed by atoms with van der Waals surface area (Å²) in [6.45, 7) is 1.74. The molecule has 7 heteroatoms. The Morgan fingerprint density at radius 2 is 2.28 bits per heavy atom. The molecule has 0 unspecified atom stereocenters. The van der Waals surface area contributed by atoms with Gasteiger partial charge in [0.2, 0.25) is 0 Å². The molecule has 1 aromatic heterocycles. The Morgan fingerprint density at radius 3 is 2.83 bits per heavy atom. The molecule has 92 valence electrons. The molecule has 2 aromatic rings. The van der Waals surface area contributed by atoms with Crippen LogP contribution >= 0.6 is 12.2 Å². The van der Waals surface area contributed by atoms with Gasteiger partial charge in [-0.2, -0.15) is 10.1 Å². The van der Waals surface area contributed by atoms with Crippen molar-refractivity contribution in [3.05, 3.63) is 30.1 Å². The number of hydrogen-bond acceptors (Lipinski definition) is 5. The van der Waals surface area contributed by atoms with E-state index in [9.17, 15) is 4.39 Å². The second-order valence-electron chi connectivity index (χ2n) is 3.41. The minimum atomic E-state index is -0.531. The van der Waals surface area contributed by atoms with Gasteiger partial charge in [0.15, 0.2) is 5.82 Å². The highest BCUT2D eigenvalue weighted by Gasteiger charge is 2.12. The lowest BCUT2D eigenvalue weighted by Crippen LogP contribution is -2.00. The zero-order valence-corrected chi connectivity index (χ0v) is 10.5. The first-order chi connectivity index (χ1) is 8.65. The average Bonchev–Trinajstić information content (AvgIpc) is 2.78. The van der Waals surface area contributed by atoms with E-state index in [0.717, 1.165) is 0 Å². The molecule has 18 heavy (non-hydrogen) atoms. The zero-order valence-electron chi connectivity index (χ0n) is 9.72. The minimum absolute atomic E-state index is 0.0717. The predicted octanol–water partition coefficient (Wildman–Crippen LogP) is 2.46. The third kappa shape index (κ3) is 2.27. The van der Waals surface area contributed by atoms with Gasteiger partial charge in [-0.3, -0.25) is 0 Å². The summed E-state index contributed by atoms with van der Waals surface area (Å²) in [5.74, 6) is 0.472. The van der Waals surface area contributed by atoms with Crippen LogP contribution in [0.1, 0.15) is 5.82 Å². The van der Waals surface area contributed by atoms with Crippen molar-refractivity contribution >= 4 is 23.1 Å². The van der Waals surface area contributed by atoms with E-state index < -0.39 is 5.82 Å². The van der Waals surface area contributed by atoms with Crippen LogP contribution in [0.4, 0.5) is 10.1 Å². The number of methoxy groups -OCH3 is 1. The lowest BCUT2D eigenvalue weighted by atomic mass is 10.2. The Labute approximate surface area is 108 Å². The summed E-state index contributed by atoms with van der Waals surface area (Å²) in [4.78, 5) is 7.60. The molecule has 0 aliphatic carbocycles. The number of aryl methyl sites for hydroxylation is 1. The van der Waals surface area contributed by atoms with Crippen molar-refractivity contribution in [3.8, 4) is 11.4 Å². The van der Waals surface area contributed by atoms with Crippen molar-refractivity contribution in [2.75, 3.05) is 7.11 Å². The van der Waals surface area contributed by atoms with Crippen molar-refractivity contribution in [2.45, 2.75) is 6.92 Å². The first kappa shape index (κ1) is 12.3. The van der Waals surface area contributed by atoms with Crippen LogP contribution in [-0.4, -0.2) is 27.0 Å². The van der Waals surface area contributed by atoms with Gasteiger partial charge < -0.3 is 4.74 Å². The molecule has 5 nitrogen and oxygen atoms in total. The molecule has 0 atom stereocenters. The van der Waals surface area contributed by atoms with E-state index >= 15 is 0 Å². The molecule has 0 aliphatic heterocycles. The molecule has 0 saturated heterocycles. The summed E-state index contributed by atoms with van der Waals surface area (Å²) in [6.07, 6.45) is 1.48. The van der Waals surface area contributed by atoms with Crippen LogP contribution in [0.5, 0.6) is 5.75 Å². The SMILES string of the molecule is COc1cc(N=C=S)c(F)cc1-n1cnc(C)n1. The molecule has 2 rings (SSSR count). The van der Waals surface area contributed by atoms with E-state index in [0.29, 0.717) is 17.3 Å². The van der Waals surface area contributed by atoms with Crippen molar-refractivity contribution in [2.24, 2.45) is 4.99 Å². The fraction of sp³-hybridized carbons (Fsp3) is 0.182. The monoisotopic (exact) mass is 264 g/mol. The fourth-order valence-corrected chi connectivity index (χ4v) is 1.57. The molecule has 0 aliphatic rings. The summed E-state index contributed by atoms with van der Waals surface area (Å²) in [5.41, 5.74) is 0.515. The molecule has 1 aromatic carbocycles. The number of halogens is 1. The van der Waals surface area contributed by atoms with E-state index in [-0.39, 0.29) is 5.69 Å². The lowest BCUT2D eigenvalue weighted by molar-refractivity contribution is 0.410. The van der Waals surface area contributed by atoms with E-state index in [1.807, 2.05) is 0 Å². The Balaban J connectivity index is 2.61. The number of isothiocyanates is 1. The van der Waals surface area contributed by atoms with Gasteiger partial charge in [-0.1, -0.05) is 0 Å². The molecule has 0 radical (unpaired) electrons. The van der Waals surface area contributed by atoms with Crippen molar-refractivity contribution < 1.29 is 9.13 Å². The van der Waals surface area contributed by atoms with Crippen LogP contribution < -0.4 is 4.74 Å². The van der Waals surface area contributed by atoms with Crippen LogP contribution in [0.2, 0.25) is 0 Å². The van der Waals surface area contributed by atoms with Crippen LogP contribution in [0.15, 0.2) is 23.5 Å². The number of rotatable bonds is 3. The summed E-state index contributed by atoms with van der Waals surface area (Å²) in [5, 5.41) is 6.22. The second kappa shape index (κ2) is 5.03. The summed E-state index contributed by atoms with van der Waals surface area (Å²) >= 11 is 4.45. The molecule has 0 saturated carbocycles. The summed E-state index contributed by atoms with van der Waals surface area (Å²) < 4.78 is 20.4. The molecular formula is C11H9FN4OS. The van der Waals surface area contributed by atoms with E-state index in [1.54, 1.807) is 6.92 Å². The normalized spacial score (nSPS) is 9.94. The highest BCUT2D eigenvalue weighted by Crippen LogP contribution is 2.30. The fourth-order valence-electron chi connectivity index (χ4n) is 1.47. The van der Waals surface area contributed by atoms with Crippen molar-refractivity contribution in [3.63, 3.8) is 0 Å². The number of nitrogens with zero attached hydrogens (tertiary/aromatic N) is 4. The van der Waals surface area contributed by atoms with E-state index in [4.69, 9.17) is 4.74 Å². The van der Waals surface area contributed by atoms with Crippen LogP contribution in [0, 0.1) is 12.7 Å². The molecule has 0 N–H and O–H groups in total. The van der Waals surface area contributed by atoms with Gasteiger partial charge in [-0.25, -0.2) is 14.1 Å². The Hall–Kier alpha value is -2.11. The van der Waals surface area contributed by atoms with Gasteiger partial charge in [0.1, 0.15) is 29.3 Å². The summed E-state index contributed by atoms with van der Waals surface area (Å²) in [6, 6.07) is 2.69. The van der Waals surface area contributed by atoms with Gasteiger partial charge in [-0.05, 0) is 19.1 Å². The molecule has 1 heterocycles. The molecule has 0 spiro atoms. The number of hydrogen-bond donors (Lipinski definition) is 0. The van der Waals surface area contributed by atoms with E-state index in [1.165, 1.54) is 30.3 Å². The molecule has 0 bridgehead atoms. The standard InChI is InChI=1S/C11H9FN4OS/c1-7-13-5-16(15-7)10-3-8(12)9(14-6-18)4-11(10)17-2/h3-5H,1-2H3. The van der Waals surface area contributed by atoms with Gasteiger partial charge >= 0.3 is 0 Å². The third-order valence-corrected chi connectivity index (χ3v) is 2.36. The average molecular weight is 264 g/mol. The Bertz CT molecular complexity index is 634. The molecular weight excluding hydrogens is 255 g/mol. The highest BCUT2D eigenvalue weighted by atomic mass is 32.1. The Kier molecular flexibility index (Phi) is 3.45. The molecule has 0 amide bonds. The van der Waals surface area contributed by atoms with Gasteiger partial charge in [-0.15, -0.1) is 0 Å². The van der Waals surface area contributed by atoms with Crippen molar-refractivity contribution in [1.82, 2.24) is 14.8 Å². The second-order valence-corrected chi connectivity index (χ2v) is 3.60. The number of ether oxygens (including phenoxy) is 1. The van der Waals surface area contributed by atoms with Gasteiger partial charge in [0.25, 0.3) is 0 Å². The first-order valence-electron chi connectivity index (χ1n) is 4.99. The van der Waals surface area contributed by atoms with Crippen LogP contribution in [0.3, 0.4) is 0 Å². The number of aliphatic imine (C=N–C) groups is 1. The predicted molar refractivity (Wildman–Crippen MR) is 67.3 cm³/mol. The van der Waals surface area contributed by atoms with Crippen molar-refractivity contribution in [1.29, 1.82) is 0 Å². The van der Waals surface area contributed by atoms with E-state index in [2.05, 4.69) is 32.5 Å². The van der Waals surface area contributed by atoms with Crippen LogP contribution in [0.25, 0.3) is 5.69 Å². The lowest BCUT2D eigenvalue weighted by Gasteiger charge is -2.09. The smallest absolute Gasteiger partial charge is 0.152 e.